The molecule has 2 aliphatic heterocycles. The zero-order chi connectivity index (χ0) is 19.4. The molecule has 0 aromatic heterocycles. The fraction of sp³-hybridized carbons (Fsp3) is 0.682. The van der Waals surface area contributed by atoms with Crippen molar-refractivity contribution in [3.63, 3.8) is 0 Å². The van der Waals surface area contributed by atoms with Crippen molar-refractivity contribution in [1.82, 2.24) is 0 Å². The van der Waals surface area contributed by atoms with Crippen LogP contribution in [0.15, 0.2) is 12.1 Å². The molecular weight excluding hydrogens is 375 g/mol. The Morgan fingerprint density at radius 1 is 1.04 bits per heavy atom. The van der Waals surface area contributed by atoms with Crippen molar-refractivity contribution in [3.8, 4) is 11.5 Å². The van der Waals surface area contributed by atoms with Crippen LogP contribution in [0, 0.1) is 6.92 Å². The first kappa shape index (κ1) is 21.0. The minimum Gasteiger partial charge on any atom is -0.493 e. The molecule has 2 fully saturated rings. The molecule has 0 unspecified atom stereocenters. The third-order valence-corrected chi connectivity index (χ3v) is 12.8. The molecule has 5 heteroatoms. The number of unbranched alkanes of at least 4 members (excludes halogenated alkanes) is 2. The zero-order valence-electron chi connectivity index (χ0n) is 17.0. The van der Waals surface area contributed by atoms with Gasteiger partial charge in [-0.2, -0.15) is 0 Å². The Kier molecular flexibility index (Phi) is 7.14. The number of aryl methyl sites for hydroxylation is 1. The highest BCUT2D eigenvalue weighted by molar-refractivity contribution is 8.59. The topological polar surface area (TPSA) is 35.5 Å². The van der Waals surface area contributed by atoms with Gasteiger partial charge in [-0.25, -0.2) is 4.79 Å². The first-order valence-corrected chi connectivity index (χ1v) is 13.7. The van der Waals surface area contributed by atoms with Crippen LogP contribution in [0.25, 0.3) is 0 Å². The summed E-state index contributed by atoms with van der Waals surface area (Å²) in [6.07, 6.45) is 8.90. The first-order chi connectivity index (χ1) is 13.0. The van der Waals surface area contributed by atoms with Crippen molar-refractivity contribution in [2.45, 2.75) is 83.5 Å². The lowest BCUT2D eigenvalue weighted by Crippen LogP contribution is -2.15. The summed E-state index contributed by atoms with van der Waals surface area (Å²) in [6.45, 7) is 5.76. The monoisotopic (exact) mass is 409 g/mol. The molecule has 150 valence electrons. The minimum atomic E-state index is -1.90. The van der Waals surface area contributed by atoms with E-state index in [1.807, 2.05) is 19.1 Å². The van der Waals surface area contributed by atoms with Crippen LogP contribution in [0.3, 0.4) is 0 Å². The zero-order valence-corrected chi connectivity index (χ0v) is 18.8. The number of carbonyl (C=O) groups excluding carboxylic acids is 1. The second kappa shape index (κ2) is 9.18. The largest absolute Gasteiger partial charge is 0.493 e. The smallest absolute Gasteiger partial charge is 0.313 e. The molecule has 0 aliphatic carbocycles. The molecular formula is C22H34O3PS+. The highest BCUT2D eigenvalue weighted by Crippen LogP contribution is 2.83. The van der Waals surface area contributed by atoms with E-state index in [0.717, 1.165) is 42.6 Å². The number of fused-ring (bicyclic) bond motifs is 2. The molecule has 2 bridgehead atoms. The van der Waals surface area contributed by atoms with E-state index in [4.69, 9.17) is 21.7 Å². The predicted molar refractivity (Wildman–Crippen MR) is 118 cm³/mol. The first-order valence-electron chi connectivity index (χ1n) is 10.6. The van der Waals surface area contributed by atoms with Gasteiger partial charge in [0.2, 0.25) is 0 Å². The molecule has 0 spiro atoms. The summed E-state index contributed by atoms with van der Waals surface area (Å²) in [7, 11) is 0. The summed E-state index contributed by atoms with van der Waals surface area (Å²) in [5, 5.41) is 0. The van der Waals surface area contributed by atoms with Gasteiger partial charge in [0.1, 0.15) is 17.1 Å². The normalized spacial score (nSPS) is 26.4. The number of hydrogen-bond acceptors (Lipinski definition) is 4. The second-order valence-electron chi connectivity index (χ2n) is 8.02. The maximum absolute atomic E-state index is 13.7. The lowest BCUT2D eigenvalue weighted by molar-refractivity contribution is 0.107. The molecule has 0 N–H and O–H groups in total. The average molecular weight is 410 g/mol. The van der Waals surface area contributed by atoms with Gasteiger partial charge in [0.05, 0.1) is 24.5 Å². The van der Waals surface area contributed by atoms with Crippen molar-refractivity contribution >= 4 is 24.2 Å². The number of carbonyl (C=O) groups is 1. The molecule has 2 saturated heterocycles. The standard InChI is InChI=1S/C22H34O3PS/c1-4-6-12-24-17-14-16(3)21(20(15-17)25-13-7-5-2)22(23)26(27)18-8-9-19(26)11-10-18/h14-15,18-19,27H,4-13H2,1-3H3/q+1. The SMILES string of the molecule is CCCCOc1cc(C)c(C(=O)[P+]2(S)C3CCC2CC3)c(OCCCC)c1. The quantitative estimate of drug-likeness (QED) is 0.266. The lowest BCUT2D eigenvalue weighted by Gasteiger charge is -2.22. The van der Waals surface area contributed by atoms with Crippen molar-refractivity contribution < 1.29 is 14.3 Å². The number of benzene rings is 1. The maximum atomic E-state index is 13.7. The molecule has 0 radical (unpaired) electrons. The van der Waals surface area contributed by atoms with Gasteiger partial charge in [-0.1, -0.05) is 26.7 Å². The van der Waals surface area contributed by atoms with E-state index in [1.165, 1.54) is 25.7 Å². The highest BCUT2D eigenvalue weighted by atomic mass is 32.7. The van der Waals surface area contributed by atoms with E-state index in [0.29, 0.717) is 30.3 Å². The van der Waals surface area contributed by atoms with Gasteiger partial charge < -0.3 is 9.47 Å². The number of rotatable bonds is 10. The average Bonchev–Trinajstić information content (AvgIpc) is 3.15. The van der Waals surface area contributed by atoms with E-state index >= 15 is 0 Å². The Hall–Kier alpha value is -0.730. The molecule has 3 nitrogen and oxygen atoms in total. The number of thiol groups is 1. The van der Waals surface area contributed by atoms with Crippen molar-refractivity contribution in [1.29, 1.82) is 0 Å². The Morgan fingerprint density at radius 3 is 2.15 bits per heavy atom. The van der Waals surface area contributed by atoms with Crippen LogP contribution >= 0.6 is 18.7 Å². The summed E-state index contributed by atoms with van der Waals surface area (Å²) in [5.74, 6) is 1.52. The second-order valence-corrected chi connectivity index (χ2v) is 13.4. The van der Waals surface area contributed by atoms with E-state index in [-0.39, 0.29) is 5.52 Å². The molecule has 0 saturated carbocycles. The van der Waals surface area contributed by atoms with Gasteiger partial charge in [-0.05, 0) is 57.1 Å². The summed E-state index contributed by atoms with van der Waals surface area (Å²) >= 11 is 5.11. The molecule has 2 aliphatic rings. The number of ether oxygens (including phenoxy) is 2. The molecule has 1 aromatic rings. The van der Waals surface area contributed by atoms with Gasteiger partial charge in [0.25, 0.3) is 0 Å². The number of hydrogen-bond donors (Lipinski definition) is 1. The van der Waals surface area contributed by atoms with Crippen LogP contribution in [0.4, 0.5) is 0 Å². The third-order valence-electron chi connectivity index (χ3n) is 6.11. The minimum absolute atomic E-state index is 0.278. The van der Waals surface area contributed by atoms with Crippen LogP contribution in [0.1, 0.15) is 81.1 Å². The van der Waals surface area contributed by atoms with Gasteiger partial charge in [0, 0.05) is 18.3 Å². The van der Waals surface area contributed by atoms with Crippen LogP contribution in [0.2, 0.25) is 0 Å². The summed E-state index contributed by atoms with van der Waals surface area (Å²) < 4.78 is 12.0. The van der Waals surface area contributed by atoms with Crippen LogP contribution in [-0.4, -0.2) is 30.1 Å². The van der Waals surface area contributed by atoms with Crippen LogP contribution in [0.5, 0.6) is 11.5 Å². The lowest BCUT2D eigenvalue weighted by atomic mass is 10.0. The van der Waals surface area contributed by atoms with E-state index < -0.39 is 6.46 Å². The van der Waals surface area contributed by atoms with Gasteiger partial charge in [-0.15, -0.1) is 0 Å². The Morgan fingerprint density at radius 2 is 1.59 bits per heavy atom. The molecule has 27 heavy (non-hydrogen) atoms. The Balaban J connectivity index is 1.91. The molecule has 1 aromatic carbocycles. The molecule has 0 atom stereocenters. The van der Waals surface area contributed by atoms with E-state index in [2.05, 4.69) is 13.8 Å². The fourth-order valence-corrected chi connectivity index (χ4v) is 10.3. The van der Waals surface area contributed by atoms with E-state index in [9.17, 15) is 4.79 Å². The van der Waals surface area contributed by atoms with Gasteiger partial charge in [-0.3, -0.25) is 0 Å². The van der Waals surface area contributed by atoms with Crippen molar-refractivity contribution in [2.24, 2.45) is 0 Å². The van der Waals surface area contributed by atoms with E-state index in [1.54, 1.807) is 0 Å². The van der Waals surface area contributed by atoms with Crippen LogP contribution in [-0.2, 0) is 0 Å². The molecule has 3 rings (SSSR count). The molecule has 0 amide bonds. The third kappa shape index (κ3) is 4.17. The summed E-state index contributed by atoms with van der Waals surface area (Å²) in [6, 6.07) is 3.94. The Bertz CT molecular complexity index is 656. The van der Waals surface area contributed by atoms with Gasteiger partial charge in [0.15, 0.2) is 6.46 Å². The Labute approximate surface area is 170 Å². The fourth-order valence-electron chi connectivity index (χ4n) is 4.51. The van der Waals surface area contributed by atoms with Crippen molar-refractivity contribution in [3.05, 3.63) is 23.3 Å². The summed E-state index contributed by atoms with van der Waals surface area (Å²) in [5.41, 5.74) is 3.06. The highest BCUT2D eigenvalue weighted by Gasteiger charge is 2.65. The molecule has 2 heterocycles. The van der Waals surface area contributed by atoms with Gasteiger partial charge >= 0.3 is 5.52 Å². The summed E-state index contributed by atoms with van der Waals surface area (Å²) in [4.78, 5) is 13.7. The van der Waals surface area contributed by atoms with Crippen LogP contribution < -0.4 is 9.47 Å². The maximum Gasteiger partial charge on any atom is 0.313 e. The predicted octanol–water partition coefficient (Wildman–Crippen LogP) is 6.68. The van der Waals surface area contributed by atoms with Crippen molar-refractivity contribution in [2.75, 3.05) is 13.2 Å².